The summed E-state index contributed by atoms with van der Waals surface area (Å²) in [5.41, 5.74) is 0.380. The molecule has 2 rings (SSSR count). The summed E-state index contributed by atoms with van der Waals surface area (Å²) in [5, 5.41) is 19.4. The zero-order chi connectivity index (χ0) is 13.8. The minimum absolute atomic E-state index is 0.296. The van der Waals surface area contributed by atoms with Crippen LogP contribution < -0.4 is 4.74 Å². The van der Waals surface area contributed by atoms with E-state index in [9.17, 15) is 4.79 Å². The number of nitriles is 1. The first kappa shape index (κ1) is 12.7. The van der Waals surface area contributed by atoms with E-state index in [1.807, 2.05) is 24.3 Å². The lowest BCUT2D eigenvalue weighted by Gasteiger charge is -2.08. The molecule has 0 spiro atoms. The van der Waals surface area contributed by atoms with E-state index in [-0.39, 0.29) is 5.57 Å². The number of fused-ring (bicyclic) bond motifs is 1. The van der Waals surface area contributed by atoms with Gasteiger partial charge >= 0.3 is 5.97 Å². The van der Waals surface area contributed by atoms with Crippen LogP contribution in [0.4, 0.5) is 0 Å². The van der Waals surface area contributed by atoms with Crippen molar-refractivity contribution in [3.63, 3.8) is 0 Å². The van der Waals surface area contributed by atoms with Crippen LogP contribution in [0.25, 0.3) is 16.8 Å². The highest BCUT2D eigenvalue weighted by Gasteiger charge is 2.09. The van der Waals surface area contributed by atoms with Gasteiger partial charge in [0, 0.05) is 5.39 Å². The van der Waals surface area contributed by atoms with E-state index >= 15 is 0 Å². The molecule has 0 bridgehead atoms. The summed E-state index contributed by atoms with van der Waals surface area (Å²) in [4.78, 5) is 10.9. The van der Waals surface area contributed by atoms with E-state index in [1.54, 1.807) is 25.3 Å². The van der Waals surface area contributed by atoms with Gasteiger partial charge in [0.1, 0.15) is 17.4 Å². The summed E-state index contributed by atoms with van der Waals surface area (Å²) in [6, 6.07) is 12.6. The quantitative estimate of drug-likeness (QED) is 0.674. The maximum absolute atomic E-state index is 10.9. The molecule has 0 fully saturated rings. The number of benzene rings is 2. The molecule has 0 aliphatic heterocycles. The fourth-order valence-corrected chi connectivity index (χ4v) is 1.90. The highest BCUT2D eigenvalue weighted by molar-refractivity contribution is 6.01. The Morgan fingerprint density at radius 1 is 1.26 bits per heavy atom. The van der Waals surface area contributed by atoms with Gasteiger partial charge in [-0.2, -0.15) is 5.26 Å². The Bertz CT molecular complexity index is 711. The minimum Gasteiger partial charge on any atom is -0.496 e. The second-order valence-corrected chi connectivity index (χ2v) is 3.88. The molecule has 4 heteroatoms. The predicted molar refractivity (Wildman–Crippen MR) is 71.7 cm³/mol. The Morgan fingerprint density at radius 2 is 1.95 bits per heavy atom. The number of carbonyl (C=O) groups is 1. The maximum atomic E-state index is 10.9. The average molecular weight is 253 g/mol. The highest BCUT2D eigenvalue weighted by Crippen LogP contribution is 2.29. The smallest absolute Gasteiger partial charge is 0.346 e. The van der Waals surface area contributed by atoms with Gasteiger partial charge in [-0.1, -0.05) is 30.3 Å². The van der Waals surface area contributed by atoms with Crippen molar-refractivity contribution in [2.24, 2.45) is 0 Å². The molecule has 19 heavy (non-hydrogen) atoms. The monoisotopic (exact) mass is 253 g/mol. The number of carboxylic acids is 1. The topological polar surface area (TPSA) is 70.3 Å². The van der Waals surface area contributed by atoms with Gasteiger partial charge in [0.2, 0.25) is 0 Å². The Kier molecular flexibility index (Phi) is 3.48. The van der Waals surface area contributed by atoms with Gasteiger partial charge in [-0.15, -0.1) is 0 Å². The van der Waals surface area contributed by atoms with Crippen LogP contribution >= 0.6 is 0 Å². The van der Waals surface area contributed by atoms with Gasteiger partial charge in [-0.3, -0.25) is 0 Å². The zero-order valence-corrected chi connectivity index (χ0v) is 10.3. The van der Waals surface area contributed by atoms with Crippen molar-refractivity contribution in [2.45, 2.75) is 0 Å². The van der Waals surface area contributed by atoms with Crippen molar-refractivity contribution in [1.82, 2.24) is 0 Å². The third-order valence-electron chi connectivity index (χ3n) is 2.79. The summed E-state index contributed by atoms with van der Waals surface area (Å²) in [5.74, 6) is -0.524. The summed E-state index contributed by atoms with van der Waals surface area (Å²) in [6.07, 6.45) is 1.37. The second-order valence-electron chi connectivity index (χ2n) is 3.88. The summed E-state index contributed by atoms with van der Waals surface area (Å²) in [6.45, 7) is 0. The first-order valence-corrected chi connectivity index (χ1v) is 5.58. The molecular weight excluding hydrogens is 242 g/mol. The molecule has 0 radical (unpaired) electrons. The van der Waals surface area contributed by atoms with Crippen LogP contribution in [0.5, 0.6) is 5.75 Å². The van der Waals surface area contributed by atoms with Crippen LogP contribution in [0.3, 0.4) is 0 Å². The van der Waals surface area contributed by atoms with Gasteiger partial charge in [-0.05, 0) is 23.1 Å². The Balaban J connectivity index is 2.70. The second kappa shape index (κ2) is 5.23. The molecule has 4 nitrogen and oxygen atoms in total. The van der Waals surface area contributed by atoms with E-state index in [4.69, 9.17) is 15.1 Å². The summed E-state index contributed by atoms with van der Waals surface area (Å²) in [7, 11) is 1.58. The van der Waals surface area contributed by atoms with Gasteiger partial charge in [0.05, 0.1) is 7.11 Å². The molecular formula is C15H11NO3. The van der Waals surface area contributed by atoms with Crippen molar-refractivity contribution in [2.75, 3.05) is 7.11 Å². The van der Waals surface area contributed by atoms with E-state index < -0.39 is 5.97 Å². The van der Waals surface area contributed by atoms with Crippen molar-refractivity contribution in [3.8, 4) is 11.8 Å². The summed E-state index contributed by atoms with van der Waals surface area (Å²) >= 11 is 0. The first-order chi connectivity index (χ1) is 9.17. The first-order valence-electron chi connectivity index (χ1n) is 5.58. The largest absolute Gasteiger partial charge is 0.496 e. The van der Waals surface area contributed by atoms with Gasteiger partial charge < -0.3 is 9.84 Å². The average Bonchev–Trinajstić information content (AvgIpc) is 2.44. The fourth-order valence-electron chi connectivity index (χ4n) is 1.90. The minimum atomic E-state index is -1.23. The third-order valence-corrected chi connectivity index (χ3v) is 2.79. The van der Waals surface area contributed by atoms with Gasteiger partial charge in [0.25, 0.3) is 0 Å². The highest BCUT2D eigenvalue weighted by atomic mass is 16.5. The molecule has 2 aromatic rings. The van der Waals surface area contributed by atoms with Crippen LogP contribution in [0, 0.1) is 11.3 Å². The standard InChI is InChI=1S/C15H11NO3/c1-19-14-7-6-10(8-11(9-16)15(17)18)12-4-2-3-5-13(12)14/h2-8H,1H3,(H,17,18). The molecule has 2 aromatic carbocycles. The Morgan fingerprint density at radius 3 is 2.53 bits per heavy atom. The molecule has 94 valence electrons. The van der Waals surface area contributed by atoms with E-state index in [0.29, 0.717) is 11.3 Å². The van der Waals surface area contributed by atoms with Crippen molar-refractivity contribution >= 4 is 22.8 Å². The number of aliphatic carboxylic acids is 1. The van der Waals surface area contributed by atoms with Crippen LogP contribution in [0.2, 0.25) is 0 Å². The molecule has 0 amide bonds. The molecule has 0 aliphatic rings. The van der Waals surface area contributed by atoms with Crippen molar-refractivity contribution in [3.05, 3.63) is 47.5 Å². The predicted octanol–water partition coefficient (Wildman–Crippen LogP) is 2.84. The van der Waals surface area contributed by atoms with Crippen LogP contribution in [0.1, 0.15) is 5.56 Å². The van der Waals surface area contributed by atoms with Crippen molar-refractivity contribution in [1.29, 1.82) is 5.26 Å². The molecule has 1 N–H and O–H groups in total. The van der Waals surface area contributed by atoms with E-state index in [0.717, 1.165) is 10.8 Å². The number of hydrogen-bond donors (Lipinski definition) is 1. The number of hydrogen-bond acceptors (Lipinski definition) is 3. The summed E-state index contributed by atoms with van der Waals surface area (Å²) < 4.78 is 5.26. The Hall–Kier alpha value is -2.80. The lowest BCUT2D eigenvalue weighted by molar-refractivity contribution is -0.132. The zero-order valence-electron chi connectivity index (χ0n) is 10.3. The van der Waals surface area contributed by atoms with E-state index in [2.05, 4.69) is 0 Å². The molecule has 0 saturated heterocycles. The molecule has 0 aliphatic carbocycles. The maximum Gasteiger partial charge on any atom is 0.346 e. The molecule has 0 aromatic heterocycles. The van der Waals surface area contributed by atoms with Gasteiger partial charge in [0.15, 0.2) is 0 Å². The van der Waals surface area contributed by atoms with Crippen LogP contribution in [-0.2, 0) is 4.79 Å². The molecule has 0 unspecified atom stereocenters. The lowest BCUT2D eigenvalue weighted by atomic mass is 10.0. The molecule has 0 heterocycles. The third kappa shape index (κ3) is 2.40. The van der Waals surface area contributed by atoms with Crippen LogP contribution in [-0.4, -0.2) is 18.2 Å². The van der Waals surface area contributed by atoms with Crippen LogP contribution in [0.15, 0.2) is 42.0 Å². The lowest BCUT2D eigenvalue weighted by Crippen LogP contribution is -1.97. The van der Waals surface area contributed by atoms with Crippen molar-refractivity contribution < 1.29 is 14.6 Å². The normalized spacial score (nSPS) is 11.1. The van der Waals surface area contributed by atoms with Gasteiger partial charge in [-0.25, -0.2) is 4.79 Å². The Labute approximate surface area is 110 Å². The number of nitrogens with zero attached hydrogens (tertiary/aromatic N) is 1. The number of carboxylic acid groups (broad SMARTS) is 1. The number of rotatable bonds is 3. The number of methoxy groups -OCH3 is 1. The molecule has 0 atom stereocenters. The molecule has 0 saturated carbocycles. The number of ether oxygens (including phenoxy) is 1. The van der Waals surface area contributed by atoms with E-state index in [1.165, 1.54) is 6.08 Å². The SMILES string of the molecule is COc1ccc(C=C(C#N)C(=O)O)c2ccccc12. The fraction of sp³-hybridized carbons (Fsp3) is 0.0667.